The summed E-state index contributed by atoms with van der Waals surface area (Å²) in [4.78, 5) is 15.9. The average Bonchev–Trinajstić information content (AvgIpc) is 3.24. The molecule has 3 aliphatic rings. The van der Waals surface area contributed by atoms with Gasteiger partial charge in [-0.2, -0.15) is 0 Å². The fourth-order valence-electron chi connectivity index (χ4n) is 5.84. The zero-order chi connectivity index (χ0) is 21.4. The summed E-state index contributed by atoms with van der Waals surface area (Å²) in [6.45, 7) is 2.89. The average molecular weight is 423 g/mol. The predicted molar refractivity (Wildman–Crippen MR) is 118 cm³/mol. The molecule has 5 heteroatoms. The van der Waals surface area contributed by atoms with Crippen molar-refractivity contribution in [1.82, 2.24) is 10.2 Å². The van der Waals surface area contributed by atoms with Gasteiger partial charge in [-0.1, -0.05) is 61.7 Å². The second-order valence-electron chi connectivity index (χ2n) is 9.61. The Labute approximate surface area is 183 Å². The van der Waals surface area contributed by atoms with Gasteiger partial charge in [-0.15, -0.1) is 0 Å². The minimum absolute atomic E-state index is 0.125. The fraction of sp³-hybridized carbons (Fsp3) is 0.500. The zero-order valence-corrected chi connectivity index (χ0v) is 17.8. The van der Waals surface area contributed by atoms with Crippen LogP contribution in [0.15, 0.2) is 54.6 Å². The largest absolute Gasteiger partial charge is 0.375 e. The van der Waals surface area contributed by atoms with E-state index in [2.05, 4.69) is 34.5 Å². The van der Waals surface area contributed by atoms with E-state index in [4.69, 9.17) is 0 Å². The first-order chi connectivity index (χ1) is 15.1. The minimum Gasteiger partial charge on any atom is -0.375 e. The molecule has 31 heavy (non-hydrogen) atoms. The maximum atomic E-state index is 13.5. The SMILES string of the molecule is O=C(NC1C2CN(Cc3ccccc3)CC21)C(O)(c1ccc(F)cc1)C1CCCCC1. The molecular formula is C26H31FN2O2. The molecule has 3 atom stereocenters. The van der Waals surface area contributed by atoms with Crippen LogP contribution < -0.4 is 5.32 Å². The summed E-state index contributed by atoms with van der Waals surface area (Å²) in [6.07, 6.45) is 4.82. The predicted octanol–water partition coefficient (Wildman–Crippen LogP) is 3.84. The molecule has 0 aromatic heterocycles. The van der Waals surface area contributed by atoms with Gasteiger partial charge in [0, 0.05) is 31.6 Å². The monoisotopic (exact) mass is 422 g/mol. The fourth-order valence-corrected chi connectivity index (χ4v) is 5.84. The van der Waals surface area contributed by atoms with Crippen molar-refractivity contribution in [2.75, 3.05) is 13.1 Å². The molecule has 2 aromatic carbocycles. The van der Waals surface area contributed by atoms with Gasteiger partial charge in [-0.3, -0.25) is 9.69 Å². The van der Waals surface area contributed by atoms with Crippen molar-refractivity contribution in [2.24, 2.45) is 17.8 Å². The quantitative estimate of drug-likeness (QED) is 0.744. The van der Waals surface area contributed by atoms with Crippen LogP contribution in [0.5, 0.6) is 0 Å². The molecular weight excluding hydrogens is 391 g/mol. The molecule has 1 amide bonds. The van der Waals surface area contributed by atoms with E-state index >= 15 is 0 Å². The van der Waals surface area contributed by atoms with Crippen LogP contribution in [-0.2, 0) is 16.9 Å². The third-order valence-electron chi connectivity index (χ3n) is 7.64. The number of hydrogen-bond donors (Lipinski definition) is 2. The highest BCUT2D eigenvalue weighted by Gasteiger charge is 2.58. The van der Waals surface area contributed by atoms with Gasteiger partial charge in [0.25, 0.3) is 5.91 Å². The van der Waals surface area contributed by atoms with E-state index in [1.165, 1.54) is 17.7 Å². The molecule has 2 saturated carbocycles. The number of nitrogens with zero attached hydrogens (tertiary/aromatic N) is 1. The van der Waals surface area contributed by atoms with Gasteiger partial charge in [0.1, 0.15) is 5.82 Å². The van der Waals surface area contributed by atoms with Crippen molar-refractivity contribution in [3.05, 3.63) is 71.5 Å². The lowest BCUT2D eigenvalue weighted by Crippen LogP contribution is -2.51. The molecule has 3 unspecified atom stereocenters. The molecule has 3 fully saturated rings. The van der Waals surface area contributed by atoms with Crippen LogP contribution >= 0.6 is 0 Å². The summed E-state index contributed by atoms with van der Waals surface area (Å²) in [5, 5.41) is 14.9. The van der Waals surface area contributed by atoms with Crippen molar-refractivity contribution in [3.8, 4) is 0 Å². The first kappa shape index (κ1) is 20.7. The van der Waals surface area contributed by atoms with Crippen molar-refractivity contribution < 1.29 is 14.3 Å². The highest BCUT2D eigenvalue weighted by molar-refractivity contribution is 5.87. The standard InChI is InChI=1S/C26H31FN2O2/c27-21-13-11-20(12-14-21)26(31,19-9-5-2-6-10-19)25(30)28-24-22-16-29(17-23(22)24)15-18-7-3-1-4-8-18/h1,3-4,7-8,11-14,19,22-24,31H,2,5-6,9-10,15-17H2,(H,28,30). The Morgan fingerprint density at radius 2 is 1.65 bits per heavy atom. The third-order valence-corrected chi connectivity index (χ3v) is 7.64. The number of piperidine rings is 1. The topological polar surface area (TPSA) is 52.6 Å². The molecule has 1 heterocycles. The van der Waals surface area contributed by atoms with Crippen LogP contribution in [0.4, 0.5) is 4.39 Å². The molecule has 0 spiro atoms. The maximum Gasteiger partial charge on any atom is 0.257 e. The third kappa shape index (κ3) is 4.01. The first-order valence-electron chi connectivity index (χ1n) is 11.6. The summed E-state index contributed by atoms with van der Waals surface area (Å²) < 4.78 is 13.5. The maximum absolute atomic E-state index is 13.5. The van der Waals surface area contributed by atoms with E-state index in [0.717, 1.165) is 51.7 Å². The van der Waals surface area contributed by atoms with Gasteiger partial charge in [0.15, 0.2) is 5.60 Å². The summed E-state index contributed by atoms with van der Waals surface area (Å²) in [6, 6.07) is 16.4. The normalized spacial score (nSPS) is 28.0. The molecule has 1 saturated heterocycles. The Balaban J connectivity index is 1.25. The Hall–Kier alpha value is -2.24. The highest BCUT2D eigenvalue weighted by Crippen LogP contribution is 2.47. The van der Waals surface area contributed by atoms with Gasteiger partial charge >= 0.3 is 0 Å². The molecule has 1 aliphatic heterocycles. The Bertz CT molecular complexity index is 901. The smallest absolute Gasteiger partial charge is 0.257 e. The molecule has 5 rings (SSSR count). The lowest BCUT2D eigenvalue weighted by Gasteiger charge is -2.38. The van der Waals surface area contributed by atoms with E-state index in [9.17, 15) is 14.3 Å². The lowest BCUT2D eigenvalue weighted by molar-refractivity contribution is -0.149. The number of nitrogens with one attached hydrogen (secondary N) is 1. The lowest BCUT2D eigenvalue weighted by atomic mass is 9.72. The number of likely N-dealkylation sites (tertiary alicyclic amines) is 1. The van der Waals surface area contributed by atoms with E-state index in [1.54, 1.807) is 12.1 Å². The molecule has 2 N–H and O–H groups in total. The summed E-state index contributed by atoms with van der Waals surface area (Å²) >= 11 is 0. The molecule has 0 radical (unpaired) electrons. The summed E-state index contributed by atoms with van der Waals surface area (Å²) in [7, 11) is 0. The van der Waals surface area contributed by atoms with Crippen molar-refractivity contribution in [3.63, 3.8) is 0 Å². The Kier molecular flexibility index (Phi) is 5.57. The molecule has 0 bridgehead atoms. The number of carbonyl (C=O) groups excluding carboxylic acids is 1. The Morgan fingerprint density at radius 1 is 1.00 bits per heavy atom. The van der Waals surface area contributed by atoms with Gasteiger partial charge < -0.3 is 10.4 Å². The second-order valence-corrected chi connectivity index (χ2v) is 9.61. The minimum atomic E-state index is -1.59. The zero-order valence-electron chi connectivity index (χ0n) is 17.8. The highest BCUT2D eigenvalue weighted by atomic mass is 19.1. The number of benzene rings is 2. The van der Waals surface area contributed by atoms with Gasteiger partial charge in [-0.05, 0) is 47.9 Å². The molecule has 2 aromatic rings. The van der Waals surface area contributed by atoms with Crippen LogP contribution in [0.2, 0.25) is 0 Å². The number of amides is 1. The van der Waals surface area contributed by atoms with Crippen LogP contribution in [0, 0.1) is 23.6 Å². The summed E-state index contributed by atoms with van der Waals surface area (Å²) in [5.74, 6) is 0.123. The number of hydrogen-bond acceptors (Lipinski definition) is 3. The first-order valence-corrected chi connectivity index (χ1v) is 11.6. The van der Waals surface area contributed by atoms with Gasteiger partial charge in [-0.25, -0.2) is 4.39 Å². The van der Waals surface area contributed by atoms with Crippen LogP contribution in [-0.4, -0.2) is 35.0 Å². The van der Waals surface area contributed by atoms with Crippen LogP contribution in [0.3, 0.4) is 0 Å². The van der Waals surface area contributed by atoms with Gasteiger partial charge in [0.05, 0.1) is 0 Å². The second kappa shape index (κ2) is 8.36. The van der Waals surface area contributed by atoms with Crippen molar-refractivity contribution in [1.29, 1.82) is 0 Å². The van der Waals surface area contributed by atoms with Crippen molar-refractivity contribution in [2.45, 2.75) is 50.3 Å². The van der Waals surface area contributed by atoms with Crippen molar-refractivity contribution >= 4 is 5.91 Å². The Morgan fingerprint density at radius 3 is 2.29 bits per heavy atom. The van der Waals surface area contributed by atoms with Crippen LogP contribution in [0.1, 0.15) is 43.2 Å². The van der Waals surface area contributed by atoms with E-state index < -0.39 is 5.60 Å². The number of aliphatic hydroxyl groups is 1. The van der Waals surface area contributed by atoms with Crippen LogP contribution in [0.25, 0.3) is 0 Å². The number of fused-ring (bicyclic) bond motifs is 1. The van der Waals surface area contributed by atoms with E-state index in [0.29, 0.717) is 17.4 Å². The van der Waals surface area contributed by atoms with E-state index in [1.807, 2.05) is 6.07 Å². The number of halogens is 1. The number of carbonyl (C=O) groups is 1. The molecule has 4 nitrogen and oxygen atoms in total. The number of rotatable bonds is 6. The molecule has 2 aliphatic carbocycles. The molecule has 164 valence electrons. The summed E-state index contributed by atoms with van der Waals surface area (Å²) in [5.41, 5.74) is 0.233. The van der Waals surface area contributed by atoms with E-state index in [-0.39, 0.29) is 23.7 Å². The van der Waals surface area contributed by atoms with Gasteiger partial charge in [0.2, 0.25) is 0 Å².